The first-order chi connectivity index (χ1) is 19.2. The van der Waals surface area contributed by atoms with Gasteiger partial charge in [-0.2, -0.15) is 0 Å². The van der Waals surface area contributed by atoms with E-state index in [1.807, 2.05) is 48.5 Å². The Balaban J connectivity index is 0.000000315. The van der Waals surface area contributed by atoms with E-state index in [2.05, 4.69) is 62.3 Å². The lowest BCUT2D eigenvalue weighted by atomic mass is 9.89. The molecule has 0 heterocycles. The van der Waals surface area contributed by atoms with Crippen LogP contribution in [0.25, 0.3) is 0 Å². The van der Waals surface area contributed by atoms with E-state index in [-0.39, 0.29) is 0 Å². The van der Waals surface area contributed by atoms with Crippen LogP contribution in [0.3, 0.4) is 0 Å². The molecule has 3 aromatic carbocycles. The van der Waals surface area contributed by atoms with E-state index < -0.39 is 0 Å². The van der Waals surface area contributed by atoms with Crippen molar-refractivity contribution in [2.24, 2.45) is 16.2 Å². The maximum Gasteiger partial charge on any atom is 0.0595 e. The summed E-state index contributed by atoms with van der Waals surface area (Å²) in [6.07, 6.45) is 6.40. The molecule has 0 bridgehead atoms. The van der Waals surface area contributed by atoms with Crippen molar-refractivity contribution in [3.8, 4) is 0 Å². The van der Waals surface area contributed by atoms with Gasteiger partial charge in [-0.3, -0.25) is 0 Å². The molecule has 6 heteroatoms. The molecule has 0 aromatic heterocycles. The lowest BCUT2D eigenvalue weighted by Gasteiger charge is -2.18. The summed E-state index contributed by atoms with van der Waals surface area (Å²) >= 11 is 35.8. The second-order valence-corrected chi connectivity index (χ2v) is 16.8. The summed E-state index contributed by atoms with van der Waals surface area (Å²) in [6.45, 7) is 20.1. The van der Waals surface area contributed by atoms with Gasteiger partial charge in [0.15, 0.2) is 0 Å². The Labute approximate surface area is 286 Å². The van der Waals surface area contributed by atoms with Crippen LogP contribution in [0.4, 0.5) is 0 Å². The molecule has 0 nitrogen and oxygen atoms in total. The molecule has 42 heavy (non-hydrogen) atoms. The van der Waals surface area contributed by atoms with Gasteiger partial charge in [0, 0.05) is 20.1 Å². The van der Waals surface area contributed by atoms with Crippen LogP contribution in [0.1, 0.15) is 98.3 Å². The number of benzene rings is 3. The Hall–Kier alpha value is -0.600. The van der Waals surface area contributed by atoms with Crippen LogP contribution >= 0.6 is 69.6 Å². The Morgan fingerprint density at radius 2 is 0.952 bits per heavy atom. The highest BCUT2D eigenvalue weighted by Gasteiger charge is 2.14. The first-order valence-electron chi connectivity index (χ1n) is 14.5. The average Bonchev–Trinajstić information content (AvgIpc) is 2.83. The zero-order valence-electron chi connectivity index (χ0n) is 26.7. The molecule has 3 aromatic rings. The first kappa shape index (κ1) is 39.4. The van der Waals surface area contributed by atoms with E-state index in [0.717, 1.165) is 59.2 Å². The third kappa shape index (κ3) is 17.6. The number of hydrogen-bond acceptors (Lipinski definition) is 0. The van der Waals surface area contributed by atoms with Gasteiger partial charge in [-0.05, 0) is 108 Å². The normalized spacial score (nSPS) is 11.8. The summed E-state index contributed by atoms with van der Waals surface area (Å²) in [4.78, 5) is 0. The molecule has 0 amide bonds. The van der Waals surface area contributed by atoms with Crippen LogP contribution in [0, 0.1) is 16.2 Å². The summed E-state index contributed by atoms with van der Waals surface area (Å²) in [7, 11) is 0. The molecule has 0 radical (unpaired) electrons. The highest BCUT2D eigenvalue weighted by molar-refractivity contribution is 6.42. The van der Waals surface area contributed by atoms with Gasteiger partial charge in [-0.1, -0.05) is 150 Å². The van der Waals surface area contributed by atoms with Gasteiger partial charge in [0.2, 0.25) is 0 Å². The fraction of sp³-hybridized carbons (Fsp3) is 0.500. The Morgan fingerprint density at radius 3 is 1.43 bits per heavy atom. The van der Waals surface area contributed by atoms with Crippen molar-refractivity contribution < 1.29 is 0 Å². The highest BCUT2D eigenvalue weighted by Crippen LogP contribution is 2.30. The van der Waals surface area contributed by atoms with Gasteiger partial charge in [0.1, 0.15) is 0 Å². The van der Waals surface area contributed by atoms with Crippen molar-refractivity contribution in [3.63, 3.8) is 0 Å². The molecule has 0 unspecified atom stereocenters. The fourth-order valence-electron chi connectivity index (χ4n) is 3.72. The van der Waals surface area contributed by atoms with Crippen molar-refractivity contribution in [2.45, 2.75) is 101 Å². The van der Waals surface area contributed by atoms with Crippen molar-refractivity contribution in [1.29, 1.82) is 0 Å². The van der Waals surface area contributed by atoms with Gasteiger partial charge >= 0.3 is 0 Å². The summed E-state index contributed by atoms with van der Waals surface area (Å²) in [5.74, 6) is 0. The molecule has 0 atom stereocenters. The molecular formula is C36H48Cl6. The SMILES string of the molecule is CC(C)(C)CCc1c(Cl)cccc1Cl.CC(C)(C)CCc1ccc(Cl)c(Cl)c1.CC(C)(C)CCc1ccc(Cl)cc1Cl. The van der Waals surface area contributed by atoms with E-state index in [1.165, 1.54) is 11.1 Å². The maximum absolute atomic E-state index is 6.07. The molecule has 0 saturated carbocycles. The Bertz CT molecular complexity index is 1220. The smallest absolute Gasteiger partial charge is 0.0595 e. The van der Waals surface area contributed by atoms with E-state index in [1.54, 1.807) is 6.07 Å². The largest absolute Gasteiger partial charge is 0.0843 e. The third-order valence-corrected chi connectivity index (χ3v) is 8.53. The molecule has 0 aliphatic heterocycles. The molecule has 0 aliphatic carbocycles. The van der Waals surface area contributed by atoms with E-state index in [9.17, 15) is 0 Å². The summed E-state index contributed by atoms with van der Waals surface area (Å²) in [6, 6.07) is 17.2. The summed E-state index contributed by atoms with van der Waals surface area (Å²) in [5, 5.41) is 4.32. The lowest BCUT2D eigenvalue weighted by molar-refractivity contribution is 0.378. The van der Waals surface area contributed by atoms with Crippen LogP contribution in [0.5, 0.6) is 0 Å². The van der Waals surface area contributed by atoms with Gasteiger partial charge in [-0.25, -0.2) is 0 Å². The predicted molar refractivity (Wildman–Crippen MR) is 193 cm³/mol. The summed E-state index contributed by atoms with van der Waals surface area (Å²) in [5.41, 5.74) is 4.56. The van der Waals surface area contributed by atoms with Gasteiger partial charge in [0.25, 0.3) is 0 Å². The van der Waals surface area contributed by atoms with Gasteiger partial charge in [-0.15, -0.1) is 0 Å². The number of hydrogen-bond donors (Lipinski definition) is 0. The maximum atomic E-state index is 6.07. The van der Waals surface area contributed by atoms with Crippen LogP contribution in [-0.4, -0.2) is 0 Å². The van der Waals surface area contributed by atoms with Crippen molar-refractivity contribution in [1.82, 2.24) is 0 Å². The first-order valence-corrected chi connectivity index (χ1v) is 16.7. The van der Waals surface area contributed by atoms with Crippen LogP contribution in [0.15, 0.2) is 54.6 Å². The minimum Gasteiger partial charge on any atom is -0.0843 e. The second-order valence-electron chi connectivity index (χ2n) is 14.4. The molecule has 0 spiro atoms. The van der Waals surface area contributed by atoms with E-state index in [0.29, 0.717) is 31.3 Å². The van der Waals surface area contributed by atoms with Crippen LogP contribution in [-0.2, 0) is 19.3 Å². The number of rotatable bonds is 6. The van der Waals surface area contributed by atoms with Crippen LogP contribution in [0.2, 0.25) is 30.1 Å². The van der Waals surface area contributed by atoms with Crippen molar-refractivity contribution >= 4 is 69.6 Å². The molecular weight excluding hydrogens is 645 g/mol. The number of aryl methyl sites for hydroxylation is 2. The van der Waals surface area contributed by atoms with Crippen molar-refractivity contribution in [2.75, 3.05) is 0 Å². The fourth-order valence-corrected chi connectivity index (χ4v) is 5.13. The zero-order chi connectivity index (χ0) is 32.3. The molecule has 0 aliphatic rings. The molecule has 0 saturated heterocycles. The zero-order valence-corrected chi connectivity index (χ0v) is 31.2. The van der Waals surface area contributed by atoms with Gasteiger partial charge in [0.05, 0.1) is 10.0 Å². The second kappa shape index (κ2) is 17.8. The van der Waals surface area contributed by atoms with E-state index in [4.69, 9.17) is 69.6 Å². The molecule has 0 N–H and O–H groups in total. The quantitative estimate of drug-likeness (QED) is 0.241. The third-order valence-electron chi connectivity index (χ3n) is 6.49. The Morgan fingerprint density at radius 1 is 0.452 bits per heavy atom. The minimum atomic E-state index is 0.322. The highest BCUT2D eigenvalue weighted by atomic mass is 35.5. The molecule has 0 fully saturated rings. The standard InChI is InChI=1S/3C12H16Cl2/c1-12(2,3)7-6-9-4-5-10(13)8-11(9)14;1-12(2,3)7-6-9-4-5-10(13)11(14)8-9;1-12(2,3)8-7-9-10(13)5-4-6-11(9)14/h2*4-5,8H,6-7H2,1-3H3;4-6H,7-8H2,1-3H3. The lowest BCUT2D eigenvalue weighted by Crippen LogP contribution is -2.06. The monoisotopic (exact) mass is 690 g/mol. The number of halogens is 6. The molecule has 3 rings (SSSR count). The van der Waals surface area contributed by atoms with Crippen molar-refractivity contribution in [3.05, 3.63) is 101 Å². The predicted octanol–water partition coefficient (Wildman–Crippen LogP) is 14.9. The van der Waals surface area contributed by atoms with Gasteiger partial charge < -0.3 is 0 Å². The molecule has 234 valence electrons. The topological polar surface area (TPSA) is 0 Å². The van der Waals surface area contributed by atoms with Crippen LogP contribution < -0.4 is 0 Å². The average molecular weight is 693 g/mol. The Kier molecular flexibility index (Phi) is 16.7. The summed E-state index contributed by atoms with van der Waals surface area (Å²) < 4.78 is 0. The van der Waals surface area contributed by atoms with E-state index >= 15 is 0 Å². The minimum absolute atomic E-state index is 0.322.